The first-order valence-electron chi connectivity index (χ1n) is 11.5. The number of nitrogens with zero attached hydrogens (tertiary/aromatic N) is 2. The maximum atomic E-state index is 13.6. The van der Waals surface area contributed by atoms with Gasteiger partial charge in [0.15, 0.2) is 11.5 Å². The minimum absolute atomic E-state index is 0.163. The topological polar surface area (TPSA) is 59.1 Å². The van der Waals surface area contributed by atoms with Gasteiger partial charge in [0.1, 0.15) is 0 Å². The van der Waals surface area contributed by atoms with Crippen molar-refractivity contribution in [3.8, 4) is 11.5 Å². The smallest absolute Gasteiger partial charge is 0.251 e. The Morgan fingerprint density at radius 1 is 0.882 bits per heavy atom. The number of ether oxygens (including phenoxy) is 2. The zero-order chi connectivity index (χ0) is 23.8. The molecule has 0 radical (unpaired) electrons. The number of methoxy groups -OCH3 is 2. The zero-order valence-corrected chi connectivity index (χ0v) is 19.7. The second kappa shape index (κ2) is 8.95. The van der Waals surface area contributed by atoms with Crippen molar-refractivity contribution in [3.63, 3.8) is 0 Å². The average molecular weight is 457 g/mol. The average Bonchev–Trinajstić information content (AvgIpc) is 3.16. The number of rotatable bonds is 5. The molecule has 6 nitrogen and oxygen atoms in total. The third-order valence-electron chi connectivity index (χ3n) is 6.84. The van der Waals surface area contributed by atoms with Gasteiger partial charge in [0.2, 0.25) is 5.91 Å². The fourth-order valence-electron chi connectivity index (χ4n) is 5.15. The quantitative estimate of drug-likeness (QED) is 0.536. The van der Waals surface area contributed by atoms with Gasteiger partial charge in [-0.05, 0) is 54.3 Å². The Labute approximate surface area is 199 Å². The second-order valence-corrected chi connectivity index (χ2v) is 8.83. The number of hydrogen-bond acceptors (Lipinski definition) is 5. The van der Waals surface area contributed by atoms with Gasteiger partial charge in [0.05, 0.1) is 38.4 Å². The van der Waals surface area contributed by atoms with E-state index >= 15 is 0 Å². The van der Waals surface area contributed by atoms with Gasteiger partial charge in [0.25, 0.3) is 5.91 Å². The number of imide groups is 1. The SMILES string of the molecule is COc1cc2c(cc1OC)[C@H](c1ccccc1)N([C@@H]1CC(=O)N(c3ccc(C)cc3)C1=O)CC2. The number of amides is 2. The monoisotopic (exact) mass is 456 g/mol. The summed E-state index contributed by atoms with van der Waals surface area (Å²) in [6, 6.07) is 21.0. The molecule has 6 heteroatoms. The van der Waals surface area contributed by atoms with E-state index in [2.05, 4.69) is 17.0 Å². The van der Waals surface area contributed by atoms with Crippen LogP contribution >= 0.6 is 0 Å². The lowest BCUT2D eigenvalue weighted by atomic mass is 9.86. The summed E-state index contributed by atoms with van der Waals surface area (Å²) in [4.78, 5) is 30.2. The lowest BCUT2D eigenvalue weighted by molar-refractivity contribution is -0.123. The third-order valence-corrected chi connectivity index (χ3v) is 6.84. The van der Waals surface area contributed by atoms with E-state index in [9.17, 15) is 9.59 Å². The normalized spacial score (nSPS) is 20.4. The first kappa shape index (κ1) is 22.2. The molecule has 34 heavy (non-hydrogen) atoms. The molecule has 0 N–H and O–H groups in total. The summed E-state index contributed by atoms with van der Waals surface area (Å²) in [5, 5.41) is 0. The van der Waals surface area contributed by atoms with Crippen molar-refractivity contribution < 1.29 is 19.1 Å². The lowest BCUT2D eigenvalue weighted by Crippen LogP contribution is -2.47. The molecule has 0 aliphatic carbocycles. The highest BCUT2D eigenvalue weighted by molar-refractivity contribution is 6.22. The van der Waals surface area contributed by atoms with Crippen LogP contribution in [0.1, 0.15) is 34.7 Å². The lowest BCUT2D eigenvalue weighted by Gasteiger charge is -2.40. The number of carbonyl (C=O) groups is 2. The van der Waals surface area contributed by atoms with E-state index in [1.54, 1.807) is 14.2 Å². The van der Waals surface area contributed by atoms with Crippen LogP contribution in [0.25, 0.3) is 0 Å². The van der Waals surface area contributed by atoms with Crippen molar-refractivity contribution in [2.75, 3.05) is 25.7 Å². The van der Waals surface area contributed by atoms with Crippen molar-refractivity contribution >= 4 is 17.5 Å². The zero-order valence-electron chi connectivity index (χ0n) is 19.7. The maximum absolute atomic E-state index is 13.6. The molecule has 2 amide bonds. The predicted molar refractivity (Wildman–Crippen MR) is 130 cm³/mol. The van der Waals surface area contributed by atoms with E-state index in [1.165, 1.54) is 4.90 Å². The molecule has 174 valence electrons. The van der Waals surface area contributed by atoms with Gasteiger partial charge in [-0.1, -0.05) is 48.0 Å². The molecule has 0 spiro atoms. The summed E-state index contributed by atoms with van der Waals surface area (Å²) in [5.41, 5.74) is 5.02. The van der Waals surface area contributed by atoms with E-state index in [1.807, 2.05) is 61.5 Å². The summed E-state index contributed by atoms with van der Waals surface area (Å²) in [6.07, 6.45) is 0.917. The van der Waals surface area contributed by atoms with Crippen LogP contribution in [0.4, 0.5) is 5.69 Å². The Morgan fingerprint density at radius 3 is 2.24 bits per heavy atom. The molecule has 5 rings (SSSR count). The van der Waals surface area contributed by atoms with E-state index in [0.717, 1.165) is 28.7 Å². The van der Waals surface area contributed by atoms with Gasteiger partial charge in [-0.25, -0.2) is 4.90 Å². The summed E-state index contributed by atoms with van der Waals surface area (Å²) in [7, 11) is 3.26. The minimum Gasteiger partial charge on any atom is -0.493 e. The molecule has 0 aromatic heterocycles. The van der Waals surface area contributed by atoms with Crippen molar-refractivity contribution in [1.82, 2.24) is 4.90 Å². The van der Waals surface area contributed by atoms with Crippen LogP contribution in [0.15, 0.2) is 66.7 Å². The molecule has 3 aromatic carbocycles. The summed E-state index contributed by atoms with van der Waals surface area (Å²) >= 11 is 0. The molecule has 2 aliphatic heterocycles. The van der Waals surface area contributed by atoms with Gasteiger partial charge in [-0.3, -0.25) is 14.5 Å². The fraction of sp³-hybridized carbons (Fsp3) is 0.286. The molecule has 2 aliphatic rings. The second-order valence-electron chi connectivity index (χ2n) is 8.83. The number of hydrogen-bond donors (Lipinski definition) is 0. The summed E-state index contributed by atoms with van der Waals surface area (Å²) in [6.45, 7) is 2.65. The standard InChI is InChI=1S/C28H28N2O4/c1-18-9-11-21(12-10-18)30-26(31)17-23(28(30)32)29-14-13-20-15-24(33-2)25(34-3)16-22(20)27(29)19-7-5-4-6-8-19/h4-12,15-16,23,27H,13-14,17H2,1-3H3/t23-,27+/m1/s1. The Kier molecular flexibility index (Phi) is 5.84. The number of carbonyl (C=O) groups excluding carboxylic acids is 2. The van der Waals surface area contributed by atoms with Crippen molar-refractivity contribution in [3.05, 3.63) is 89.0 Å². The molecule has 2 heterocycles. The van der Waals surface area contributed by atoms with Crippen LogP contribution in [-0.2, 0) is 16.0 Å². The Bertz CT molecular complexity index is 1220. The molecule has 0 unspecified atom stereocenters. The van der Waals surface area contributed by atoms with Crippen LogP contribution < -0.4 is 14.4 Å². The Hall–Kier alpha value is -3.64. The van der Waals surface area contributed by atoms with Gasteiger partial charge >= 0.3 is 0 Å². The van der Waals surface area contributed by atoms with Crippen molar-refractivity contribution in [1.29, 1.82) is 0 Å². The molecule has 1 saturated heterocycles. The number of anilines is 1. The number of benzene rings is 3. The molecular formula is C28H28N2O4. The first-order chi connectivity index (χ1) is 16.5. The highest BCUT2D eigenvalue weighted by Gasteiger charge is 2.46. The van der Waals surface area contributed by atoms with Gasteiger partial charge in [-0.2, -0.15) is 0 Å². The van der Waals surface area contributed by atoms with Crippen molar-refractivity contribution in [2.24, 2.45) is 0 Å². The van der Waals surface area contributed by atoms with Gasteiger partial charge in [-0.15, -0.1) is 0 Å². The highest BCUT2D eigenvalue weighted by atomic mass is 16.5. The molecule has 0 bridgehead atoms. The number of aryl methyl sites for hydroxylation is 1. The predicted octanol–water partition coefficient (Wildman–Crippen LogP) is 4.29. The minimum atomic E-state index is -0.528. The van der Waals surface area contributed by atoms with Crippen molar-refractivity contribution in [2.45, 2.75) is 31.8 Å². The van der Waals surface area contributed by atoms with E-state index in [0.29, 0.717) is 23.7 Å². The maximum Gasteiger partial charge on any atom is 0.251 e. The van der Waals surface area contributed by atoms with Crippen LogP contribution in [0.3, 0.4) is 0 Å². The van der Waals surface area contributed by atoms with E-state index in [-0.39, 0.29) is 24.3 Å². The van der Waals surface area contributed by atoms with Gasteiger partial charge in [0, 0.05) is 6.54 Å². The molecule has 1 fully saturated rings. The highest BCUT2D eigenvalue weighted by Crippen LogP contribution is 2.43. The molecular weight excluding hydrogens is 428 g/mol. The van der Waals surface area contributed by atoms with E-state index in [4.69, 9.17) is 9.47 Å². The number of fused-ring (bicyclic) bond motifs is 1. The summed E-state index contributed by atoms with van der Waals surface area (Å²) < 4.78 is 11.1. The van der Waals surface area contributed by atoms with Crippen LogP contribution in [-0.4, -0.2) is 43.5 Å². The molecule has 0 saturated carbocycles. The van der Waals surface area contributed by atoms with Crippen LogP contribution in [0, 0.1) is 6.92 Å². The largest absolute Gasteiger partial charge is 0.493 e. The fourth-order valence-corrected chi connectivity index (χ4v) is 5.15. The first-order valence-corrected chi connectivity index (χ1v) is 11.5. The third kappa shape index (κ3) is 3.74. The van der Waals surface area contributed by atoms with Gasteiger partial charge < -0.3 is 9.47 Å². The van der Waals surface area contributed by atoms with E-state index < -0.39 is 6.04 Å². The molecule has 2 atom stereocenters. The Balaban J connectivity index is 1.57. The summed E-state index contributed by atoms with van der Waals surface area (Å²) in [5.74, 6) is 1.01. The Morgan fingerprint density at radius 2 is 1.56 bits per heavy atom. The molecule has 3 aromatic rings. The van der Waals surface area contributed by atoms with Crippen LogP contribution in [0.2, 0.25) is 0 Å². The van der Waals surface area contributed by atoms with Crippen LogP contribution in [0.5, 0.6) is 11.5 Å².